The first-order valence-corrected chi connectivity index (χ1v) is 11.9. The van der Waals surface area contributed by atoms with E-state index in [1.807, 2.05) is 18.4 Å². The summed E-state index contributed by atoms with van der Waals surface area (Å²) in [6.07, 6.45) is 3.04. The molecule has 0 saturated carbocycles. The lowest BCUT2D eigenvalue weighted by molar-refractivity contribution is -0.384. The molecule has 0 aromatic heterocycles. The molecule has 0 bridgehead atoms. The summed E-state index contributed by atoms with van der Waals surface area (Å²) in [7, 11) is -3.90. The van der Waals surface area contributed by atoms with Crippen LogP contribution in [-0.2, 0) is 14.8 Å². The van der Waals surface area contributed by atoms with E-state index in [1.165, 1.54) is 30.0 Å². The van der Waals surface area contributed by atoms with Crippen LogP contribution in [0.4, 0.5) is 17.1 Å². The molecule has 2 aromatic rings. The number of nitro benzene ring substituents is 1. The SMILES string of the molecule is CC[C@H](C(=O)Nc1ccccc1SC)N(c1cc([N+](=O)[O-])ccc1C)S(C)(=O)=O. The van der Waals surface area contributed by atoms with E-state index in [-0.39, 0.29) is 17.8 Å². The van der Waals surface area contributed by atoms with Crippen molar-refractivity contribution in [1.29, 1.82) is 0 Å². The number of para-hydroxylation sites is 1. The second-order valence-corrected chi connectivity index (χ2v) is 9.11. The van der Waals surface area contributed by atoms with Crippen LogP contribution in [0, 0.1) is 17.0 Å². The van der Waals surface area contributed by atoms with E-state index in [1.54, 1.807) is 26.0 Å². The number of anilines is 2. The summed E-state index contributed by atoms with van der Waals surface area (Å²) in [4.78, 5) is 24.5. The number of aryl methyl sites for hydroxylation is 1. The standard InChI is InChI=1S/C19H23N3O5S2/c1-5-16(19(23)20-15-8-6-7-9-18(15)28-3)21(29(4,26)27)17-12-14(22(24)25)11-10-13(17)2/h6-12,16H,5H2,1-4H3,(H,20,23)/t16-/m1/s1. The van der Waals surface area contributed by atoms with Crippen molar-refractivity contribution in [2.75, 3.05) is 22.1 Å². The number of non-ortho nitro benzene ring substituents is 1. The molecule has 0 spiro atoms. The highest BCUT2D eigenvalue weighted by Gasteiger charge is 2.33. The van der Waals surface area contributed by atoms with Crippen molar-refractivity contribution < 1.29 is 18.1 Å². The highest BCUT2D eigenvalue weighted by Crippen LogP contribution is 2.31. The smallest absolute Gasteiger partial charge is 0.271 e. The van der Waals surface area contributed by atoms with Crippen LogP contribution in [-0.4, -0.2) is 37.8 Å². The van der Waals surface area contributed by atoms with Gasteiger partial charge in [0.05, 0.1) is 22.6 Å². The molecular formula is C19H23N3O5S2. The highest BCUT2D eigenvalue weighted by molar-refractivity contribution is 7.98. The first-order chi connectivity index (χ1) is 13.6. The molecule has 10 heteroatoms. The lowest BCUT2D eigenvalue weighted by Gasteiger charge is -2.31. The van der Waals surface area contributed by atoms with Crippen molar-refractivity contribution >= 4 is 44.8 Å². The van der Waals surface area contributed by atoms with E-state index >= 15 is 0 Å². The minimum Gasteiger partial charge on any atom is -0.323 e. The van der Waals surface area contributed by atoms with Gasteiger partial charge in [0.2, 0.25) is 15.9 Å². The van der Waals surface area contributed by atoms with E-state index in [9.17, 15) is 23.3 Å². The third kappa shape index (κ3) is 5.27. The van der Waals surface area contributed by atoms with Gasteiger partial charge in [-0.3, -0.25) is 19.2 Å². The Morgan fingerprint density at radius 2 is 1.93 bits per heavy atom. The number of amides is 1. The van der Waals surface area contributed by atoms with E-state index in [0.29, 0.717) is 11.3 Å². The van der Waals surface area contributed by atoms with Crippen molar-refractivity contribution in [3.63, 3.8) is 0 Å². The molecular weight excluding hydrogens is 414 g/mol. The number of nitro groups is 1. The zero-order valence-corrected chi connectivity index (χ0v) is 18.2. The first kappa shape index (κ1) is 22.7. The Labute approximate surface area is 174 Å². The van der Waals surface area contributed by atoms with Gasteiger partial charge in [0.15, 0.2) is 0 Å². The summed E-state index contributed by atoms with van der Waals surface area (Å²) in [6, 6.07) is 10.1. The van der Waals surface area contributed by atoms with Gasteiger partial charge < -0.3 is 5.32 Å². The fourth-order valence-electron chi connectivity index (χ4n) is 2.95. The van der Waals surface area contributed by atoms with Crippen molar-refractivity contribution in [1.82, 2.24) is 0 Å². The Balaban J connectivity index is 2.52. The highest BCUT2D eigenvalue weighted by atomic mass is 32.2. The fourth-order valence-corrected chi connectivity index (χ4v) is 4.76. The van der Waals surface area contributed by atoms with Crippen LogP contribution in [0.15, 0.2) is 47.4 Å². The largest absolute Gasteiger partial charge is 0.323 e. The lowest BCUT2D eigenvalue weighted by Crippen LogP contribution is -2.47. The minimum atomic E-state index is -3.90. The number of nitrogens with one attached hydrogen (secondary N) is 1. The summed E-state index contributed by atoms with van der Waals surface area (Å²) in [6.45, 7) is 3.33. The molecule has 0 aliphatic rings. The number of carbonyl (C=O) groups is 1. The Hall–Kier alpha value is -2.59. The maximum Gasteiger partial charge on any atom is 0.271 e. The number of hydrogen-bond donors (Lipinski definition) is 1. The van der Waals surface area contributed by atoms with Gasteiger partial charge in [-0.1, -0.05) is 25.1 Å². The first-order valence-electron chi connectivity index (χ1n) is 8.78. The maximum absolute atomic E-state index is 13.0. The van der Waals surface area contributed by atoms with Gasteiger partial charge in [0.1, 0.15) is 6.04 Å². The number of benzene rings is 2. The molecule has 0 fully saturated rings. The molecule has 2 rings (SSSR count). The molecule has 2 aromatic carbocycles. The zero-order chi connectivity index (χ0) is 21.8. The van der Waals surface area contributed by atoms with Crippen LogP contribution < -0.4 is 9.62 Å². The monoisotopic (exact) mass is 437 g/mol. The molecule has 156 valence electrons. The van der Waals surface area contributed by atoms with Gasteiger partial charge in [-0.25, -0.2) is 8.42 Å². The van der Waals surface area contributed by atoms with Crippen LogP contribution >= 0.6 is 11.8 Å². The number of thioether (sulfide) groups is 1. The summed E-state index contributed by atoms with van der Waals surface area (Å²) >= 11 is 1.45. The summed E-state index contributed by atoms with van der Waals surface area (Å²) in [5.74, 6) is -0.509. The van der Waals surface area contributed by atoms with Crippen LogP contribution in [0.3, 0.4) is 0 Å². The predicted molar refractivity (Wildman–Crippen MR) is 116 cm³/mol. The Kier molecular flexibility index (Phi) is 7.26. The Bertz CT molecular complexity index is 1020. The van der Waals surface area contributed by atoms with Crippen LogP contribution in [0.2, 0.25) is 0 Å². The van der Waals surface area contributed by atoms with Gasteiger partial charge >= 0.3 is 0 Å². The molecule has 0 aliphatic carbocycles. The van der Waals surface area contributed by atoms with Crippen molar-refractivity contribution in [2.45, 2.75) is 31.2 Å². The molecule has 0 saturated heterocycles. The minimum absolute atomic E-state index is 0.113. The Morgan fingerprint density at radius 1 is 1.28 bits per heavy atom. The van der Waals surface area contributed by atoms with E-state index < -0.39 is 26.9 Å². The summed E-state index contributed by atoms with van der Waals surface area (Å²) in [5, 5.41) is 14.0. The van der Waals surface area contributed by atoms with Crippen molar-refractivity contribution in [3.05, 3.63) is 58.1 Å². The molecule has 1 amide bonds. The molecule has 0 unspecified atom stereocenters. The topological polar surface area (TPSA) is 110 Å². The van der Waals surface area contributed by atoms with E-state index in [4.69, 9.17) is 0 Å². The van der Waals surface area contributed by atoms with Gasteiger partial charge in [-0.15, -0.1) is 11.8 Å². The zero-order valence-electron chi connectivity index (χ0n) is 16.6. The second-order valence-electron chi connectivity index (χ2n) is 6.40. The quantitative estimate of drug-likeness (QED) is 0.382. The number of rotatable bonds is 8. The van der Waals surface area contributed by atoms with Crippen LogP contribution in [0.5, 0.6) is 0 Å². The van der Waals surface area contributed by atoms with Gasteiger partial charge in [0.25, 0.3) is 5.69 Å². The molecule has 29 heavy (non-hydrogen) atoms. The number of carbonyl (C=O) groups excluding carboxylic acids is 1. The van der Waals surface area contributed by atoms with Crippen molar-refractivity contribution in [2.24, 2.45) is 0 Å². The number of nitrogens with zero attached hydrogens (tertiary/aromatic N) is 2. The molecule has 1 N–H and O–H groups in total. The average Bonchev–Trinajstić information content (AvgIpc) is 2.66. The molecule has 0 aliphatic heterocycles. The molecule has 8 nitrogen and oxygen atoms in total. The predicted octanol–water partition coefficient (Wildman–Crippen LogP) is 3.81. The molecule has 0 radical (unpaired) electrons. The van der Waals surface area contributed by atoms with E-state index in [0.717, 1.165) is 15.5 Å². The summed E-state index contributed by atoms with van der Waals surface area (Å²) < 4.78 is 26.2. The number of hydrogen-bond acceptors (Lipinski definition) is 6. The lowest BCUT2D eigenvalue weighted by atomic mass is 10.1. The summed E-state index contributed by atoms with van der Waals surface area (Å²) in [5.41, 5.74) is 0.952. The second kappa shape index (κ2) is 9.27. The molecule has 1 atom stereocenters. The van der Waals surface area contributed by atoms with Crippen molar-refractivity contribution in [3.8, 4) is 0 Å². The average molecular weight is 438 g/mol. The fraction of sp³-hybridized carbons (Fsp3) is 0.316. The maximum atomic E-state index is 13.0. The number of sulfonamides is 1. The van der Waals surface area contributed by atoms with Gasteiger partial charge in [-0.2, -0.15) is 0 Å². The van der Waals surface area contributed by atoms with Gasteiger partial charge in [-0.05, 0) is 37.3 Å². The molecule has 0 heterocycles. The van der Waals surface area contributed by atoms with E-state index in [2.05, 4.69) is 5.32 Å². The van der Waals surface area contributed by atoms with Crippen LogP contribution in [0.1, 0.15) is 18.9 Å². The normalized spacial score (nSPS) is 12.3. The Morgan fingerprint density at radius 3 is 2.48 bits per heavy atom. The van der Waals surface area contributed by atoms with Crippen LogP contribution in [0.25, 0.3) is 0 Å². The third-order valence-electron chi connectivity index (χ3n) is 4.34. The third-order valence-corrected chi connectivity index (χ3v) is 6.30. The van der Waals surface area contributed by atoms with Gasteiger partial charge in [0, 0.05) is 17.0 Å².